The number of hydrogen-bond acceptors (Lipinski definition) is 4. The Morgan fingerprint density at radius 3 is 2.94 bits per heavy atom. The molecular formula is C11H15ClN2O2S. The normalized spacial score (nSPS) is 17.4. The molecule has 1 aliphatic rings. The molecule has 2 rings (SSSR count). The highest BCUT2D eigenvalue weighted by Gasteiger charge is 2.24. The fourth-order valence-corrected chi connectivity index (χ4v) is 2.59. The van der Waals surface area contributed by atoms with Crippen LogP contribution < -0.4 is 0 Å². The van der Waals surface area contributed by atoms with Gasteiger partial charge in [-0.25, -0.2) is 0 Å². The summed E-state index contributed by atoms with van der Waals surface area (Å²) >= 11 is 6.96. The maximum Gasteiger partial charge on any atom is 0.265 e. The van der Waals surface area contributed by atoms with E-state index in [9.17, 15) is 4.79 Å². The number of carbonyl (C=O) groups is 1. The summed E-state index contributed by atoms with van der Waals surface area (Å²) in [6.07, 6.45) is 3.66. The molecule has 2 heterocycles. The third-order valence-corrected chi connectivity index (χ3v) is 3.72. The van der Waals surface area contributed by atoms with Crippen molar-refractivity contribution in [1.29, 1.82) is 0 Å². The van der Waals surface area contributed by atoms with Gasteiger partial charge in [0, 0.05) is 19.0 Å². The number of amides is 1. The van der Waals surface area contributed by atoms with E-state index < -0.39 is 0 Å². The highest BCUT2D eigenvalue weighted by molar-refractivity contribution is 7.11. The summed E-state index contributed by atoms with van der Waals surface area (Å²) in [5, 5.41) is 0. The van der Waals surface area contributed by atoms with Crippen LogP contribution in [0.3, 0.4) is 0 Å². The van der Waals surface area contributed by atoms with Gasteiger partial charge in [0.2, 0.25) is 0 Å². The summed E-state index contributed by atoms with van der Waals surface area (Å²) in [5.41, 5.74) is 1.68. The molecule has 1 aromatic rings. The van der Waals surface area contributed by atoms with Gasteiger partial charge in [-0.3, -0.25) is 9.78 Å². The van der Waals surface area contributed by atoms with Crippen molar-refractivity contribution >= 4 is 28.8 Å². The molecule has 17 heavy (non-hydrogen) atoms. The largest absolute Gasteiger partial charge is 0.377 e. The zero-order valence-electron chi connectivity index (χ0n) is 9.47. The standard InChI is InChI=1S/C11H15ClN2O2S/c12-3-6-16-9-1-4-14(5-2-9)11(15)10-7-13-8-17-10/h7-9H,1-6H2. The number of halogens is 1. The molecule has 0 aliphatic carbocycles. The van der Waals surface area contributed by atoms with Crippen molar-refractivity contribution in [2.45, 2.75) is 18.9 Å². The van der Waals surface area contributed by atoms with Gasteiger partial charge in [-0.15, -0.1) is 22.9 Å². The molecular weight excluding hydrogens is 260 g/mol. The lowest BCUT2D eigenvalue weighted by molar-refractivity contribution is 0.0155. The number of ether oxygens (including phenoxy) is 1. The number of rotatable bonds is 4. The second-order valence-electron chi connectivity index (χ2n) is 3.92. The van der Waals surface area contributed by atoms with Gasteiger partial charge in [-0.1, -0.05) is 0 Å². The summed E-state index contributed by atoms with van der Waals surface area (Å²) in [6, 6.07) is 0. The van der Waals surface area contributed by atoms with E-state index in [2.05, 4.69) is 4.98 Å². The molecule has 1 fully saturated rings. The zero-order chi connectivity index (χ0) is 12.1. The van der Waals surface area contributed by atoms with Gasteiger partial charge >= 0.3 is 0 Å². The maximum absolute atomic E-state index is 12.0. The second-order valence-corrected chi connectivity index (χ2v) is 5.18. The van der Waals surface area contributed by atoms with Crippen molar-refractivity contribution in [2.75, 3.05) is 25.6 Å². The van der Waals surface area contributed by atoms with Gasteiger partial charge in [0.05, 0.1) is 24.4 Å². The lowest BCUT2D eigenvalue weighted by Crippen LogP contribution is -2.40. The van der Waals surface area contributed by atoms with Crippen LogP contribution >= 0.6 is 22.9 Å². The molecule has 1 saturated heterocycles. The SMILES string of the molecule is O=C(c1cncs1)N1CCC(OCCCl)CC1. The van der Waals surface area contributed by atoms with Crippen LogP contribution in [0.1, 0.15) is 22.5 Å². The molecule has 0 atom stereocenters. The van der Waals surface area contributed by atoms with Crippen molar-refractivity contribution < 1.29 is 9.53 Å². The van der Waals surface area contributed by atoms with Crippen molar-refractivity contribution in [3.8, 4) is 0 Å². The predicted molar refractivity (Wildman–Crippen MR) is 67.7 cm³/mol. The molecule has 94 valence electrons. The van der Waals surface area contributed by atoms with Gasteiger partial charge in [0.1, 0.15) is 4.88 Å². The molecule has 0 unspecified atom stereocenters. The Morgan fingerprint density at radius 1 is 1.59 bits per heavy atom. The molecule has 0 radical (unpaired) electrons. The van der Waals surface area contributed by atoms with Crippen molar-refractivity contribution in [3.05, 3.63) is 16.6 Å². The number of aromatic nitrogens is 1. The van der Waals surface area contributed by atoms with E-state index in [4.69, 9.17) is 16.3 Å². The van der Waals surface area contributed by atoms with Gasteiger partial charge in [-0.2, -0.15) is 0 Å². The van der Waals surface area contributed by atoms with Crippen LogP contribution in [-0.2, 0) is 4.74 Å². The molecule has 1 amide bonds. The van der Waals surface area contributed by atoms with Gasteiger partial charge < -0.3 is 9.64 Å². The van der Waals surface area contributed by atoms with Crippen molar-refractivity contribution in [1.82, 2.24) is 9.88 Å². The lowest BCUT2D eigenvalue weighted by atomic mass is 10.1. The van der Waals surface area contributed by atoms with Gasteiger partial charge in [-0.05, 0) is 12.8 Å². The van der Waals surface area contributed by atoms with Crippen LogP contribution in [0.5, 0.6) is 0 Å². The predicted octanol–water partition coefficient (Wildman–Crippen LogP) is 2.00. The van der Waals surface area contributed by atoms with Crippen LogP contribution in [0, 0.1) is 0 Å². The van der Waals surface area contributed by atoms with E-state index in [-0.39, 0.29) is 12.0 Å². The summed E-state index contributed by atoms with van der Waals surface area (Å²) in [4.78, 5) is 18.5. The van der Waals surface area contributed by atoms with Crippen LogP contribution in [0.15, 0.2) is 11.7 Å². The van der Waals surface area contributed by atoms with E-state index in [1.807, 2.05) is 4.90 Å². The van der Waals surface area contributed by atoms with Crippen LogP contribution in [0.2, 0.25) is 0 Å². The minimum absolute atomic E-state index is 0.0864. The van der Waals surface area contributed by atoms with Crippen LogP contribution in [-0.4, -0.2) is 47.5 Å². The first-order chi connectivity index (χ1) is 8.31. The molecule has 1 aliphatic heterocycles. The molecule has 1 aromatic heterocycles. The van der Waals surface area contributed by atoms with Crippen molar-refractivity contribution in [3.63, 3.8) is 0 Å². The highest BCUT2D eigenvalue weighted by atomic mass is 35.5. The van der Waals surface area contributed by atoms with E-state index >= 15 is 0 Å². The molecule has 6 heteroatoms. The maximum atomic E-state index is 12.0. The average molecular weight is 275 g/mol. The zero-order valence-corrected chi connectivity index (χ0v) is 11.0. The number of likely N-dealkylation sites (tertiary alicyclic amines) is 1. The number of nitrogens with zero attached hydrogens (tertiary/aromatic N) is 2. The first-order valence-corrected chi connectivity index (χ1v) is 7.08. The fraction of sp³-hybridized carbons (Fsp3) is 0.636. The third-order valence-electron chi connectivity index (χ3n) is 2.80. The minimum atomic E-state index is 0.0864. The monoisotopic (exact) mass is 274 g/mol. The first-order valence-electron chi connectivity index (χ1n) is 5.66. The summed E-state index contributed by atoms with van der Waals surface area (Å²) in [7, 11) is 0. The number of thiazole rings is 1. The average Bonchev–Trinajstić information content (AvgIpc) is 2.90. The van der Waals surface area contributed by atoms with Crippen LogP contribution in [0.4, 0.5) is 0 Å². The number of piperidine rings is 1. The Hall–Kier alpha value is -0.650. The Balaban J connectivity index is 1.81. The first kappa shape index (κ1) is 12.8. The van der Waals surface area contributed by atoms with Crippen LogP contribution in [0.25, 0.3) is 0 Å². The van der Waals surface area contributed by atoms with Gasteiger partial charge in [0.25, 0.3) is 5.91 Å². The summed E-state index contributed by atoms with van der Waals surface area (Å²) < 4.78 is 5.57. The van der Waals surface area contributed by atoms with E-state index in [0.29, 0.717) is 17.4 Å². The van der Waals surface area contributed by atoms with E-state index in [1.165, 1.54) is 11.3 Å². The molecule has 0 bridgehead atoms. The molecule has 0 aromatic carbocycles. The number of carbonyl (C=O) groups excluding carboxylic acids is 1. The Labute approximate surface area is 110 Å². The van der Waals surface area contributed by atoms with Crippen molar-refractivity contribution in [2.24, 2.45) is 0 Å². The fourth-order valence-electron chi connectivity index (χ4n) is 1.91. The Bertz CT molecular complexity index is 350. The molecule has 4 nitrogen and oxygen atoms in total. The minimum Gasteiger partial charge on any atom is -0.377 e. The molecule has 0 spiro atoms. The smallest absolute Gasteiger partial charge is 0.265 e. The van der Waals surface area contributed by atoms with E-state index in [0.717, 1.165) is 25.9 Å². The van der Waals surface area contributed by atoms with E-state index in [1.54, 1.807) is 11.7 Å². The quantitative estimate of drug-likeness (QED) is 0.789. The Morgan fingerprint density at radius 2 is 2.35 bits per heavy atom. The number of alkyl halides is 1. The highest BCUT2D eigenvalue weighted by Crippen LogP contribution is 2.17. The lowest BCUT2D eigenvalue weighted by Gasteiger charge is -2.31. The summed E-state index contributed by atoms with van der Waals surface area (Å²) in [5.74, 6) is 0.614. The molecule has 0 saturated carbocycles. The van der Waals surface area contributed by atoms with Gasteiger partial charge in [0.15, 0.2) is 0 Å². The molecule has 0 N–H and O–H groups in total. The number of hydrogen-bond donors (Lipinski definition) is 0. The second kappa shape index (κ2) is 6.33. The third kappa shape index (κ3) is 3.40. The summed E-state index contributed by atoms with van der Waals surface area (Å²) in [6.45, 7) is 2.10. The topological polar surface area (TPSA) is 42.4 Å². The Kier molecular flexibility index (Phi) is 4.76.